The summed E-state index contributed by atoms with van der Waals surface area (Å²) in [4.78, 5) is 23.9. The van der Waals surface area contributed by atoms with Crippen LogP contribution in [0.3, 0.4) is 0 Å². The minimum absolute atomic E-state index is 0.0833. The third kappa shape index (κ3) is 4.27. The van der Waals surface area contributed by atoms with Gasteiger partial charge in [0.25, 0.3) is 11.6 Å². The second kappa shape index (κ2) is 8.85. The number of rotatable bonds is 6. The summed E-state index contributed by atoms with van der Waals surface area (Å²) < 4.78 is 6.00. The summed E-state index contributed by atoms with van der Waals surface area (Å²) in [6.07, 6.45) is 1.60. The summed E-state index contributed by atoms with van der Waals surface area (Å²) in [5.74, 6) is 0.148. The number of amides is 1. The third-order valence-corrected chi connectivity index (χ3v) is 5.21. The van der Waals surface area contributed by atoms with Crippen LogP contribution in [0.2, 0.25) is 0 Å². The number of benzene rings is 3. The number of para-hydroxylation sites is 1. The average molecular weight is 427 g/mol. The van der Waals surface area contributed by atoms with Crippen LogP contribution in [0.15, 0.2) is 83.5 Å². The lowest BCUT2D eigenvalue weighted by Gasteiger charge is -2.12. The molecule has 0 spiro atoms. The first-order valence-electron chi connectivity index (χ1n) is 10.1. The normalized spacial score (nSPS) is 14.6. The van der Waals surface area contributed by atoms with E-state index in [1.165, 1.54) is 17.1 Å². The lowest BCUT2D eigenvalue weighted by molar-refractivity contribution is -0.384. The summed E-state index contributed by atoms with van der Waals surface area (Å²) in [5.41, 5.74) is 3.98. The predicted molar refractivity (Wildman–Crippen MR) is 124 cm³/mol. The van der Waals surface area contributed by atoms with Crippen molar-refractivity contribution in [2.75, 3.05) is 5.01 Å². The van der Waals surface area contributed by atoms with Gasteiger partial charge in [0.05, 0.1) is 21.9 Å². The summed E-state index contributed by atoms with van der Waals surface area (Å²) in [5, 5.41) is 17.0. The van der Waals surface area contributed by atoms with E-state index >= 15 is 0 Å². The van der Waals surface area contributed by atoms with E-state index in [0.29, 0.717) is 34.9 Å². The number of hydrazone groups is 1. The quantitative estimate of drug-likeness (QED) is 0.304. The van der Waals surface area contributed by atoms with Gasteiger partial charge in [-0.15, -0.1) is 0 Å². The molecule has 32 heavy (non-hydrogen) atoms. The molecule has 1 heterocycles. The Morgan fingerprint density at radius 2 is 1.75 bits per heavy atom. The molecular weight excluding hydrogens is 406 g/mol. The number of nitro benzene ring substituents is 1. The van der Waals surface area contributed by atoms with Gasteiger partial charge in [0.2, 0.25) is 0 Å². The van der Waals surface area contributed by atoms with Crippen LogP contribution >= 0.6 is 0 Å². The molecule has 0 atom stereocenters. The van der Waals surface area contributed by atoms with E-state index in [1.807, 2.05) is 49.4 Å². The fraction of sp³-hybridized carbons (Fsp3) is 0.120. The van der Waals surface area contributed by atoms with Crippen molar-refractivity contribution in [3.63, 3.8) is 0 Å². The van der Waals surface area contributed by atoms with E-state index in [4.69, 9.17) is 4.74 Å². The van der Waals surface area contributed by atoms with Crippen molar-refractivity contribution in [2.45, 2.75) is 20.5 Å². The van der Waals surface area contributed by atoms with Gasteiger partial charge in [0.1, 0.15) is 12.4 Å². The van der Waals surface area contributed by atoms with Gasteiger partial charge in [-0.25, -0.2) is 0 Å². The highest BCUT2D eigenvalue weighted by Gasteiger charge is 2.29. The monoisotopic (exact) mass is 427 g/mol. The Morgan fingerprint density at radius 3 is 2.47 bits per heavy atom. The Morgan fingerprint density at radius 1 is 1.03 bits per heavy atom. The number of non-ortho nitro benzene ring substituents is 1. The lowest BCUT2D eigenvalue weighted by Crippen LogP contribution is -2.21. The zero-order chi connectivity index (χ0) is 22.7. The predicted octanol–water partition coefficient (Wildman–Crippen LogP) is 5.29. The Hall–Kier alpha value is -4.26. The fourth-order valence-electron chi connectivity index (χ4n) is 3.41. The number of anilines is 1. The van der Waals surface area contributed by atoms with Gasteiger partial charge in [0, 0.05) is 17.7 Å². The Kier molecular flexibility index (Phi) is 5.81. The third-order valence-electron chi connectivity index (χ3n) is 5.21. The van der Waals surface area contributed by atoms with Crippen molar-refractivity contribution in [2.24, 2.45) is 5.10 Å². The molecule has 4 rings (SSSR count). The number of nitro groups is 1. The molecule has 0 fully saturated rings. The molecule has 3 aromatic carbocycles. The molecule has 0 saturated carbocycles. The highest BCUT2D eigenvalue weighted by atomic mass is 16.6. The van der Waals surface area contributed by atoms with Crippen molar-refractivity contribution in [3.05, 3.63) is 105 Å². The lowest BCUT2D eigenvalue weighted by atomic mass is 10.1. The van der Waals surface area contributed by atoms with E-state index in [0.717, 1.165) is 11.1 Å². The smallest absolute Gasteiger partial charge is 0.280 e. The highest BCUT2D eigenvalue weighted by Crippen LogP contribution is 2.30. The van der Waals surface area contributed by atoms with Gasteiger partial charge in [0.15, 0.2) is 0 Å². The first kappa shape index (κ1) is 21.0. The molecule has 7 heteroatoms. The number of hydrogen-bond donors (Lipinski definition) is 0. The largest absolute Gasteiger partial charge is 0.488 e. The molecule has 1 aliphatic rings. The molecule has 1 amide bonds. The molecule has 0 saturated heterocycles. The second-order valence-electron chi connectivity index (χ2n) is 7.39. The van der Waals surface area contributed by atoms with Crippen LogP contribution in [0.4, 0.5) is 11.4 Å². The summed E-state index contributed by atoms with van der Waals surface area (Å²) >= 11 is 0. The molecule has 1 aliphatic heterocycles. The van der Waals surface area contributed by atoms with E-state index in [9.17, 15) is 14.9 Å². The molecule has 0 aromatic heterocycles. The highest BCUT2D eigenvalue weighted by molar-refractivity contribution is 6.32. The Labute approximate surface area is 185 Å². The first-order chi connectivity index (χ1) is 15.4. The van der Waals surface area contributed by atoms with Crippen LogP contribution in [0.1, 0.15) is 23.6 Å². The van der Waals surface area contributed by atoms with Crippen LogP contribution in [0.25, 0.3) is 6.08 Å². The molecule has 0 unspecified atom stereocenters. The number of carbonyl (C=O) groups is 1. The van der Waals surface area contributed by atoms with Gasteiger partial charge in [-0.1, -0.05) is 42.5 Å². The van der Waals surface area contributed by atoms with Crippen LogP contribution in [0, 0.1) is 17.0 Å². The Balaban J connectivity index is 1.68. The number of nitrogens with zero attached hydrogens (tertiary/aromatic N) is 3. The second-order valence-corrected chi connectivity index (χ2v) is 7.39. The molecular formula is C25H21N3O4. The molecule has 0 N–H and O–H groups in total. The van der Waals surface area contributed by atoms with Crippen molar-refractivity contribution in [1.29, 1.82) is 0 Å². The number of hydrogen-bond acceptors (Lipinski definition) is 5. The number of carbonyl (C=O) groups excluding carboxylic acids is 1. The molecule has 0 aliphatic carbocycles. The summed E-state index contributed by atoms with van der Waals surface area (Å²) in [6, 6.07) is 21.3. The van der Waals surface area contributed by atoms with E-state index < -0.39 is 4.92 Å². The number of ether oxygens (including phenoxy) is 1. The molecule has 0 bridgehead atoms. The summed E-state index contributed by atoms with van der Waals surface area (Å²) in [6.45, 7) is 4.03. The van der Waals surface area contributed by atoms with Crippen molar-refractivity contribution < 1.29 is 14.5 Å². The van der Waals surface area contributed by atoms with E-state index in [1.54, 1.807) is 31.2 Å². The standard InChI is InChI=1S/C25H21N3O4/c1-17-8-6-7-9-19(17)16-32-24-13-12-22(28(30)31)14-20(24)15-23-18(2)26-27(25(23)29)21-10-4-3-5-11-21/h3-15H,16H2,1-2H3/b23-15+. The summed E-state index contributed by atoms with van der Waals surface area (Å²) in [7, 11) is 0. The van der Waals surface area contributed by atoms with Crippen LogP contribution in [-0.4, -0.2) is 16.5 Å². The average Bonchev–Trinajstić information content (AvgIpc) is 3.08. The molecule has 3 aromatic rings. The molecule has 0 radical (unpaired) electrons. The number of aryl methyl sites for hydroxylation is 1. The van der Waals surface area contributed by atoms with Crippen LogP contribution < -0.4 is 9.75 Å². The molecule has 160 valence electrons. The first-order valence-corrected chi connectivity index (χ1v) is 10.1. The van der Waals surface area contributed by atoms with Crippen molar-refractivity contribution in [3.8, 4) is 5.75 Å². The zero-order valence-electron chi connectivity index (χ0n) is 17.7. The van der Waals surface area contributed by atoms with Crippen molar-refractivity contribution in [1.82, 2.24) is 0 Å². The maximum absolute atomic E-state index is 13.0. The van der Waals surface area contributed by atoms with Crippen LogP contribution in [-0.2, 0) is 11.4 Å². The Bertz CT molecular complexity index is 1250. The maximum atomic E-state index is 13.0. The minimum Gasteiger partial charge on any atom is -0.488 e. The van der Waals surface area contributed by atoms with Gasteiger partial charge >= 0.3 is 0 Å². The fourth-order valence-corrected chi connectivity index (χ4v) is 3.41. The van der Waals surface area contributed by atoms with E-state index in [-0.39, 0.29) is 11.6 Å². The van der Waals surface area contributed by atoms with E-state index in [2.05, 4.69) is 5.10 Å². The molecule has 7 nitrogen and oxygen atoms in total. The van der Waals surface area contributed by atoms with Gasteiger partial charge in [-0.3, -0.25) is 14.9 Å². The maximum Gasteiger partial charge on any atom is 0.280 e. The van der Waals surface area contributed by atoms with Gasteiger partial charge in [-0.05, 0) is 49.2 Å². The van der Waals surface area contributed by atoms with Gasteiger partial charge in [-0.2, -0.15) is 10.1 Å². The van der Waals surface area contributed by atoms with Crippen molar-refractivity contribution >= 4 is 29.1 Å². The van der Waals surface area contributed by atoms with Crippen LogP contribution in [0.5, 0.6) is 5.75 Å². The zero-order valence-corrected chi connectivity index (χ0v) is 17.7. The SMILES string of the molecule is CC1=NN(c2ccccc2)C(=O)/C1=C/c1cc([N+](=O)[O-])ccc1OCc1ccccc1C. The minimum atomic E-state index is -0.471. The van der Waals surface area contributed by atoms with Gasteiger partial charge < -0.3 is 4.74 Å². The topological polar surface area (TPSA) is 85.0 Å².